The van der Waals surface area contributed by atoms with Crippen LogP contribution in [0.4, 0.5) is 5.69 Å². The first-order valence-electron chi connectivity index (χ1n) is 8.51. The number of hydrogen-bond donors (Lipinski definition) is 2. The molecule has 0 radical (unpaired) electrons. The van der Waals surface area contributed by atoms with Gasteiger partial charge in [0, 0.05) is 44.7 Å². The van der Waals surface area contributed by atoms with E-state index in [1.807, 2.05) is 6.92 Å². The van der Waals surface area contributed by atoms with Crippen LogP contribution in [0.2, 0.25) is 0 Å². The van der Waals surface area contributed by atoms with Crippen molar-refractivity contribution in [2.45, 2.75) is 25.9 Å². The highest BCUT2D eigenvalue weighted by molar-refractivity contribution is 7.90. The molecular weight excluding hydrogens is 336 g/mol. The van der Waals surface area contributed by atoms with Crippen molar-refractivity contribution in [3.63, 3.8) is 0 Å². The van der Waals surface area contributed by atoms with Crippen LogP contribution in [0.3, 0.4) is 0 Å². The number of guanidine groups is 1. The molecule has 0 fully saturated rings. The third-order valence-corrected chi connectivity index (χ3v) is 5.06. The summed E-state index contributed by atoms with van der Waals surface area (Å²) in [6, 6.07) is 8.48. The van der Waals surface area contributed by atoms with Crippen LogP contribution < -0.4 is 15.5 Å². The number of nitrogens with one attached hydrogen (secondary N) is 2. The van der Waals surface area contributed by atoms with E-state index < -0.39 is 9.84 Å². The molecule has 6 nitrogen and oxygen atoms in total. The Morgan fingerprint density at radius 1 is 1.32 bits per heavy atom. The fourth-order valence-corrected chi connectivity index (χ4v) is 3.41. The highest BCUT2D eigenvalue weighted by atomic mass is 32.2. The minimum Gasteiger partial charge on any atom is -0.364 e. The Morgan fingerprint density at radius 2 is 2.04 bits per heavy atom. The van der Waals surface area contributed by atoms with Crippen LogP contribution in [0.15, 0.2) is 41.4 Å². The van der Waals surface area contributed by atoms with Gasteiger partial charge in [0.1, 0.15) is 9.84 Å². The summed E-state index contributed by atoms with van der Waals surface area (Å²) in [5.41, 5.74) is 2.39. The summed E-state index contributed by atoms with van der Waals surface area (Å²) in [5, 5.41) is 6.52. The summed E-state index contributed by atoms with van der Waals surface area (Å²) in [6.07, 6.45) is 6.16. The average molecular weight is 365 g/mol. The van der Waals surface area contributed by atoms with Gasteiger partial charge in [0.25, 0.3) is 0 Å². The lowest BCUT2D eigenvalue weighted by Gasteiger charge is -2.20. The second-order valence-electron chi connectivity index (χ2n) is 6.44. The molecule has 1 aromatic rings. The largest absolute Gasteiger partial charge is 0.364 e. The lowest BCUT2D eigenvalue weighted by Crippen LogP contribution is -2.42. The molecular formula is C18H28N4O2S. The van der Waals surface area contributed by atoms with Gasteiger partial charge in [-0.25, -0.2) is 8.42 Å². The van der Waals surface area contributed by atoms with Crippen molar-refractivity contribution >= 4 is 21.5 Å². The molecule has 0 saturated carbocycles. The molecule has 7 heteroatoms. The summed E-state index contributed by atoms with van der Waals surface area (Å²) >= 11 is 0. The molecule has 0 saturated heterocycles. The van der Waals surface area contributed by atoms with Crippen molar-refractivity contribution in [1.82, 2.24) is 10.6 Å². The van der Waals surface area contributed by atoms with Gasteiger partial charge in [0.05, 0.1) is 5.75 Å². The molecule has 138 valence electrons. The lowest BCUT2D eigenvalue weighted by molar-refractivity contribution is 0.581. The molecule has 25 heavy (non-hydrogen) atoms. The first-order valence-corrected chi connectivity index (χ1v) is 10.6. The number of rotatable bonds is 7. The molecule has 1 atom stereocenters. The number of benzene rings is 1. The van der Waals surface area contributed by atoms with Crippen LogP contribution in [0, 0.1) is 0 Å². The smallest absolute Gasteiger partial charge is 0.191 e. The van der Waals surface area contributed by atoms with Gasteiger partial charge >= 0.3 is 0 Å². The van der Waals surface area contributed by atoms with E-state index >= 15 is 0 Å². The van der Waals surface area contributed by atoms with Crippen LogP contribution >= 0.6 is 0 Å². The molecule has 1 aromatic carbocycles. The summed E-state index contributed by atoms with van der Waals surface area (Å²) in [6.45, 7) is 4.53. The maximum absolute atomic E-state index is 11.3. The number of hydrogen-bond acceptors (Lipinski definition) is 4. The van der Waals surface area contributed by atoms with Crippen LogP contribution in [-0.2, 0) is 16.4 Å². The summed E-state index contributed by atoms with van der Waals surface area (Å²) in [7, 11) is -1.23. The second-order valence-corrected chi connectivity index (χ2v) is 8.70. The quantitative estimate of drug-likeness (QED) is 0.436. The normalized spacial score (nSPS) is 16.1. The van der Waals surface area contributed by atoms with Crippen molar-refractivity contribution in [3.05, 3.63) is 42.0 Å². The molecule has 1 aliphatic rings. The fraction of sp³-hybridized carbons (Fsp3) is 0.500. The molecule has 1 heterocycles. The van der Waals surface area contributed by atoms with Crippen molar-refractivity contribution < 1.29 is 8.42 Å². The van der Waals surface area contributed by atoms with Crippen molar-refractivity contribution in [1.29, 1.82) is 0 Å². The molecule has 1 unspecified atom stereocenters. The van der Waals surface area contributed by atoms with Gasteiger partial charge in [0.2, 0.25) is 0 Å². The Labute approximate surface area is 150 Å². The maximum Gasteiger partial charge on any atom is 0.191 e. The molecule has 2 N–H and O–H groups in total. The Bertz CT molecular complexity index is 720. The number of nitrogens with zero attached hydrogens (tertiary/aromatic N) is 2. The molecule has 0 aliphatic carbocycles. The summed E-state index contributed by atoms with van der Waals surface area (Å²) in [4.78, 5) is 6.52. The minimum absolute atomic E-state index is 0.0305. The van der Waals surface area contributed by atoms with Gasteiger partial charge in [-0.2, -0.15) is 0 Å². The SMILES string of the molecule is CN=C(NCc1cccc(N2CC=CC2)c1)NC(C)CCS(C)(=O)=O. The van der Waals surface area contributed by atoms with Gasteiger partial charge in [-0.05, 0) is 31.0 Å². The van der Waals surface area contributed by atoms with Gasteiger partial charge in [-0.3, -0.25) is 4.99 Å². The molecule has 1 aliphatic heterocycles. The second kappa shape index (κ2) is 8.89. The van der Waals surface area contributed by atoms with Gasteiger partial charge in [-0.15, -0.1) is 0 Å². The highest BCUT2D eigenvalue weighted by Gasteiger charge is 2.10. The van der Waals surface area contributed by atoms with Gasteiger partial charge in [-0.1, -0.05) is 24.3 Å². The average Bonchev–Trinajstić information content (AvgIpc) is 3.11. The van der Waals surface area contributed by atoms with Crippen LogP contribution in [0.25, 0.3) is 0 Å². The first kappa shape index (κ1) is 19.3. The van der Waals surface area contributed by atoms with Crippen molar-refractivity contribution in [2.75, 3.05) is 37.0 Å². The van der Waals surface area contributed by atoms with E-state index in [0.29, 0.717) is 18.9 Å². The number of aliphatic imine (C=N–C) groups is 1. The van der Waals surface area contributed by atoms with Crippen LogP contribution in [0.1, 0.15) is 18.9 Å². The molecule has 0 aromatic heterocycles. The maximum atomic E-state index is 11.3. The van der Waals surface area contributed by atoms with Gasteiger partial charge < -0.3 is 15.5 Å². The third kappa shape index (κ3) is 6.78. The van der Waals surface area contributed by atoms with Crippen molar-refractivity contribution in [2.24, 2.45) is 4.99 Å². The van der Waals surface area contributed by atoms with E-state index in [-0.39, 0.29) is 11.8 Å². The Hall–Kier alpha value is -2.02. The van der Waals surface area contributed by atoms with Gasteiger partial charge in [0.15, 0.2) is 5.96 Å². The minimum atomic E-state index is -2.94. The standard InChI is InChI=1S/C18H28N4O2S/c1-15(9-12-25(3,23)24)21-18(19-2)20-14-16-7-6-8-17(13-16)22-10-4-5-11-22/h4-8,13,15H,9-12,14H2,1-3H3,(H2,19,20,21). The number of sulfone groups is 1. The predicted molar refractivity (Wildman–Crippen MR) is 105 cm³/mol. The van der Waals surface area contributed by atoms with Crippen LogP contribution in [-0.4, -0.2) is 52.6 Å². The molecule has 2 rings (SSSR count). The topological polar surface area (TPSA) is 73.8 Å². The van der Waals surface area contributed by atoms with E-state index in [0.717, 1.165) is 13.1 Å². The Balaban J connectivity index is 1.85. The zero-order valence-corrected chi connectivity index (χ0v) is 16.0. The zero-order valence-electron chi connectivity index (χ0n) is 15.2. The Kier molecular flexibility index (Phi) is 6.87. The first-order chi connectivity index (χ1) is 11.9. The highest BCUT2D eigenvalue weighted by Crippen LogP contribution is 2.18. The predicted octanol–water partition coefficient (Wildman–Crippen LogP) is 1.55. The van der Waals surface area contributed by atoms with E-state index in [4.69, 9.17) is 0 Å². The summed E-state index contributed by atoms with van der Waals surface area (Å²) in [5.74, 6) is 0.846. The fourth-order valence-electron chi connectivity index (χ4n) is 2.63. The number of anilines is 1. The Morgan fingerprint density at radius 3 is 2.68 bits per heavy atom. The van der Waals surface area contributed by atoms with E-state index in [9.17, 15) is 8.42 Å². The third-order valence-electron chi connectivity index (χ3n) is 4.08. The molecule has 0 amide bonds. The molecule has 0 bridgehead atoms. The van der Waals surface area contributed by atoms with E-state index in [1.165, 1.54) is 17.5 Å². The van der Waals surface area contributed by atoms with E-state index in [1.54, 1.807) is 7.05 Å². The summed E-state index contributed by atoms with van der Waals surface area (Å²) < 4.78 is 22.5. The lowest BCUT2D eigenvalue weighted by atomic mass is 10.2. The van der Waals surface area contributed by atoms with Crippen molar-refractivity contribution in [3.8, 4) is 0 Å². The molecule has 0 spiro atoms. The zero-order chi connectivity index (χ0) is 18.3. The van der Waals surface area contributed by atoms with E-state index in [2.05, 4.69) is 56.9 Å². The monoisotopic (exact) mass is 364 g/mol. The van der Waals surface area contributed by atoms with Crippen LogP contribution in [0.5, 0.6) is 0 Å².